The van der Waals surface area contributed by atoms with Crippen LogP contribution in [0.15, 0.2) is 21.1 Å². The van der Waals surface area contributed by atoms with Crippen LogP contribution in [-0.4, -0.2) is 92.9 Å². The number of nitrogens with zero attached hydrogens (tertiary/aromatic N) is 5. The molecule has 14 heteroatoms. The van der Waals surface area contributed by atoms with Gasteiger partial charge in [-0.2, -0.15) is 0 Å². The number of fused-ring (bicyclic) bond motifs is 1. The molecular weight excluding hydrogens is 500 g/mol. The largest absolute Gasteiger partial charge is 0.477 e. The van der Waals surface area contributed by atoms with Gasteiger partial charge >= 0.3 is 5.97 Å². The van der Waals surface area contributed by atoms with E-state index in [4.69, 9.17) is 5.73 Å². The van der Waals surface area contributed by atoms with E-state index in [9.17, 15) is 19.5 Å². The Labute approximate surface area is 208 Å². The molecule has 11 nitrogen and oxygen atoms in total. The summed E-state index contributed by atoms with van der Waals surface area (Å²) in [6, 6.07) is -1.42. The van der Waals surface area contributed by atoms with Crippen LogP contribution in [0.25, 0.3) is 0 Å². The summed E-state index contributed by atoms with van der Waals surface area (Å²) in [7, 11) is 3.35. The number of aromatic nitrogens is 1. The number of nitrogen functional groups attached to an aromatic ring is 1. The van der Waals surface area contributed by atoms with Gasteiger partial charge in [0.2, 0.25) is 5.04 Å². The Kier molecular flexibility index (Phi) is 7.48. The molecule has 2 atom stereocenters. The highest BCUT2D eigenvalue weighted by Gasteiger charge is 2.57. The molecule has 1 fully saturated rings. The predicted molar refractivity (Wildman–Crippen MR) is 133 cm³/mol. The van der Waals surface area contributed by atoms with Crippen molar-refractivity contribution in [2.75, 3.05) is 42.8 Å². The number of oxime groups is 1. The van der Waals surface area contributed by atoms with Crippen molar-refractivity contribution >= 4 is 74.9 Å². The van der Waals surface area contributed by atoms with Crippen LogP contribution in [0.5, 0.6) is 0 Å². The lowest BCUT2D eigenvalue weighted by Gasteiger charge is -2.52. The number of carbonyl (C=O) groups excluding carboxylic acids is 2. The van der Waals surface area contributed by atoms with Crippen molar-refractivity contribution in [2.24, 2.45) is 5.16 Å². The highest BCUT2D eigenvalue weighted by Crippen LogP contribution is 2.43. The second-order valence-electron chi connectivity index (χ2n) is 7.84. The summed E-state index contributed by atoms with van der Waals surface area (Å²) in [4.78, 5) is 50.3. The molecule has 2 amide bonds. The van der Waals surface area contributed by atoms with E-state index in [0.29, 0.717) is 16.4 Å². The number of thiazole rings is 1. The summed E-state index contributed by atoms with van der Waals surface area (Å²) in [5, 5.41) is 16.5. The molecule has 1 saturated heterocycles. The second-order valence-corrected chi connectivity index (χ2v) is 10.9. The van der Waals surface area contributed by atoms with Gasteiger partial charge in [0.15, 0.2) is 5.13 Å². The summed E-state index contributed by atoms with van der Waals surface area (Å²) in [6.45, 7) is 0.992. The molecule has 1 aromatic rings. The molecule has 3 N–H and O–H groups in total. The van der Waals surface area contributed by atoms with Crippen molar-refractivity contribution in [3.8, 4) is 0 Å². The number of carboxylic acid groups (broad SMARTS) is 1. The van der Waals surface area contributed by atoms with Crippen molar-refractivity contribution in [1.29, 1.82) is 0 Å². The zero-order valence-electron chi connectivity index (χ0n) is 18.7. The van der Waals surface area contributed by atoms with Crippen molar-refractivity contribution in [1.82, 2.24) is 9.88 Å². The Bertz CT molecular complexity index is 1100. The summed E-state index contributed by atoms with van der Waals surface area (Å²) in [5.41, 5.74) is 5.74. The van der Waals surface area contributed by atoms with Gasteiger partial charge in [-0.15, -0.1) is 23.1 Å². The average Bonchev–Trinajstić information content (AvgIpc) is 3.25. The third-order valence-electron chi connectivity index (χ3n) is 5.79. The number of hydrogen-bond acceptors (Lipinski definition) is 10. The molecule has 0 aromatic carbocycles. The van der Waals surface area contributed by atoms with E-state index in [-0.39, 0.29) is 16.6 Å². The second kappa shape index (κ2) is 10.4. The normalized spacial score (nSPS) is 22.6. The zero-order valence-corrected chi connectivity index (χ0v) is 21.1. The molecule has 0 spiro atoms. The highest BCUT2D eigenvalue weighted by atomic mass is 32.2. The van der Waals surface area contributed by atoms with Gasteiger partial charge in [0, 0.05) is 34.6 Å². The number of thioether (sulfide) groups is 2. The minimum atomic E-state index is -1.15. The van der Waals surface area contributed by atoms with Gasteiger partial charge in [0.25, 0.3) is 11.8 Å². The number of rotatable bonds is 7. The van der Waals surface area contributed by atoms with Gasteiger partial charge in [-0.25, -0.2) is 14.4 Å². The van der Waals surface area contributed by atoms with E-state index in [0.717, 1.165) is 43.4 Å². The predicted octanol–water partition coefficient (Wildman–Crippen LogP) is 1.27. The lowest BCUT2D eigenvalue weighted by Crippen LogP contribution is -2.73. The smallest absolute Gasteiger partial charge is 0.353 e. The number of hydrogen-bond donors (Lipinski definition) is 2. The van der Waals surface area contributed by atoms with E-state index < -0.39 is 29.9 Å². The van der Waals surface area contributed by atoms with E-state index in [1.165, 1.54) is 33.7 Å². The molecule has 182 valence electrons. The zero-order chi connectivity index (χ0) is 24.4. The van der Waals surface area contributed by atoms with Crippen molar-refractivity contribution in [3.63, 3.8) is 0 Å². The monoisotopic (exact) mass is 525 g/mol. The average molecular weight is 526 g/mol. The molecule has 0 radical (unpaired) electrons. The first-order valence-electron chi connectivity index (χ1n) is 10.6. The molecule has 2 unspecified atom stereocenters. The lowest BCUT2D eigenvalue weighted by molar-refractivity contribution is -0.499. The van der Waals surface area contributed by atoms with E-state index >= 15 is 0 Å². The van der Waals surface area contributed by atoms with Crippen LogP contribution in [0.2, 0.25) is 0 Å². The van der Waals surface area contributed by atoms with Gasteiger partial charge < -0.3 is 15.7 Å². The molecule has 0 aliphatic carbocycles. The Morgan fingerprint density at radius 3 is 2.94 bits per heavy atom. The summed E-state index contributed by atoms with van der Waals surface area (Å²) < 4.78 is 2.21. The molecule has 0 saturated carbocycles. The minimum Gasteiger partial charge on any atom is -0.477 e. The number of carboxylic acids is 1. The molecule has 1 aromatic heterocycles. The number of aliphatic carboxylic acids is 1. The quantitative estimate of drug-likeness (QED) is 0.233. The fraction of sp³-hybridized carbons (Fsp3) is 0.500. The molecule has 4 rings (SSSR count). The topological polar surface area (TPSA) is 141 Å². The first-order valence-corrected chi connectivity index (χ1v) is 13.4. The minimum absolute atomic E-state index is 0.00943. The van der Waals surface area contributed by atoms with Crippen LogP contribution < -0.4 is 10.6 Å². The van der Waals surface area contributed by atoms with Crippen LogP contribution in [-0.2, 0) is 19.2 Å². The number of carbonyl (C=O) groups is 3. The lowest BCUT2D eigenvalue weighted by atomic mass is 9.93. The summed E-state index contributed by atoms with van der Waals surface area (Å²) in [6.07, 6.45) is 4.20. The molecule has 0 bridgehead atoms. The van der Waals surface area contributed by atoms with E-state index in [1.807, 2.05) is 7.05 Å². The number of anilines is 2. The Balaban J connectivity index is 1.60. The molecule has 3 aliphatic rings. The Morgan fingerprint density at radius 2 is 2.29 bits per heavy atom. The van der Waals surface area contributed by atoms with Gasteiger partial charge in [0.1, 0.15) is 44.5 Å². The van der Waals surface area contributed by atoms with Gasteiger partial charge in [-0.1, -0.05) is 16.9 Å². The number of nitrogens with two attached hydrogens (primary N) is 1. The molecule has 34 heavy (non-hydrogen) atoms. The van der Waals surface area contributed by atoms with Crippen LogP contribution >= 0.6 is 34.9 Å². The third-order valence-corrected chi connectivity index (χ3v) is 9.11. The third kappa shape index (κ3) is 4.66. The van der Waals surface area contributed by atoms with Crippen LogP contribution in [0, 0.1) is 0 Å². The molecular formula is C20H25N6O5S3+. The maximum atomic E-state index is 13.3. The fourth-order valence-electron chi connectivity index (χ4n) is 4.19. The number of amides is 2. The molecule has 3 aliphatic heterocycles. The summed E-state index contributed by atoms with van der Waals surface area (Å²) in [5.74, 6) is -1.07. The Morgan fingerprint density at radius 1 is 1.50 bits per heavy atom. The van der Waals surface area contributed by atoms with E-state index in [1.54, 1.807) is 17.1 Å². The summed E-state index contributed by atoms with van der Waals surface area (Å²) >= 11 is 4.18. The van der Waals surface area contributed by atoms with Gasteiger partial charge in [0.05, 0.1) is 6.04 Å². The highest BCUT2D eigenvalue weighted by molar-refractivity contribution is 8.15. The maximum absolute atomic E-state index is 13.3. The van der Waals surface area contributed by atoms with Gasteiger partial charge in [-0.3, -0.25) is 19.4 Å². The van der Waals surface area contributed by atoms with Crippen molar-refractivity contribution in [3.05, 3.63) is 16.0 Å². The van der Waals surface area contributed by atoms with Crippen LogP contribution in [0.1, 0.15) is 19.3 Å². The number of β-lactam (4-membered cyclic amide) rings is 1. The van der Waals surface area contributed by atoms with E-state index in [2.05, 4.69) is 19.6 Å². The SMILES string of the molecule is CON=CC(=O)N(c1csc(N)n1)C1C(=O)N2C(C(=O)O)=C(CSC3=[N+](C)CCCC3)SCC12. The van der Waals surface area contributed by atoms with Gasteiger partial charge in [-0.05, 0) is 6.42 Å². The van der Waals surface area contributed by atoms with Crippen LogP contribution in [0.3, 0.4) is 0 Å². The fourth-order valence-corrected chi connectivity index (χ4v) is 7.30. The standard InChI is InChI=1S/C20H24N6O5S3/c1-24-6-4-3-5-15(24)33-9-12-17(19(29)30)25-11(8-32-12)16(18(25)28)26(14(27)7-22-31-2)13-10-34-20(21)23-13/h7,10-11,16H,3-6,8-9H2,1-2H3,(H2-,21,23,29,30)/p+1. The van der Waals surface area contributed by atoms with Crippen LogP contribution in [0.4, 0.5) is 10.9 Å². The van der Waals surface area contributed by atoms with Crippen molar-refractivity contribution in [2.45, 2.75) is 31.3 Å². The van der Waals surface area contributed by atoms with Crippen molar-refractivity contribution < 1.29 is 28.9 Å². The maximum Gasteiger partial charge on any atom is 0.353 e. The molecule has 4 heterocycles. The first kappa shape index (κ1) is 24.5. The first-order chi connectivity index (χ1) is 16.3. The Hall–Kier alpha value is -2.58.